The molecule has 52 valence electrons. The maximum Gasteiger partial charge on any atom is 0.136 e. The van der Waals surface area contributed by atoms with E-state index in [1.54, 1.807) is 12.2 Å². The molecule has 3 heteroatoms. The van der Waals surface area contributed by atoms with Crippen molar-refractivity contribution >= 4 is 6.29 Å². The lowest BCUT2D eigenvalue weighted by Crippen LogP contribution is -2.19. The summed E-state index contributed by atoms with van der Waals surface area (Å²) in [6, 6.07) is -0.368. The molecule has 0 saturated heterocycles. The van der Waals surface area contributed by atoms with Crippen LogP contribution < -0.4 is 11.5 Å². The molecule has 0 bridgehead atoms. The third-order valence-electron chi connectivity index (χ3n) is 0.886. The first-order valence-electron chi connectivity index (χ1n) is 2.87. The molecule has 0 aliphatic heterocycles. The van der Waals surface area contributed by atoms with Gasteiger partial charge in [-0.05, 0) is 6.42 Å². The maximum atomic E-state index is 9.91. The molecule has 0 fully saturated rings. The van der Waals surface area contributed by atoms with Gasteiger partial charge in [0.05, 0.1) is 6.04 Å². The summed E-state index contributed by atoms with van der Waals surface area (Å²) in [7, 11) is 0. The monoisotopic (exact) mass is 128 g/mol. The van der Waals surface area contributed by atoms with Gasteiger partial charge in [-0.25, -0.2) is 0 Å². The van der Waals surface area contributed by atoms with Gasteiger partial charge in [-0.3, -0.25) is 0 Å². The molecule has 0 aromatic rings. The van der Waals surface area contributed by atoms with E-state index < -0.39 is 0 Å². The highest BCUT2D eigenvalue weighted by Gasteiger charge is 1.92. The standard InChI is InChI=1S/C6H12N2O/c7-4-2-1-3-6(8)5-9/h1-2,5-6H,3-4,7-8H2/b2-1+/t6-/m0/s1. The summed E-state index contributed by atoms with van der Waals surface area (Å²) in [4.78, 5) is 9.91. The molecule has 0 aliphatic rings. The van der Waals surface area contributed by atoms with Crippen LogP contribution in [0.5, 0.6) is 0 Å². The van der Waals surface area contributed by atoms with Gasteiger partial charge in [-0.2, -0.15) is 0 Å². The van der Waals surface area contributed by atoms with Gasteiger partial charge in [-0.15, -0.1) is 0 Å². The molecule has 0 unspecified atom stereocenters. The number of carbonyl (C=O) groups is 1. The Morgan fingerprint density at radius 2 is 2.11 bits per heavy atom. The third-order valence-corrected chi connectivity index (χ3v) is 0.886. The first kappa shape index (κ1) is 8.33. The quantitative estimate of drug-likeness (QED) is 0.393. The fourth-order valence-electron chi connectivity index (χ4n) is 0.405. The van der Waals surface area contributed by atoms with Crippen molar-refractivity contribution in [2.75, 3.05) is 6.54 Å². The maximum absolute atomic E-state index is 9.91. The number of carbonyl (C=O) groups excluding carboxylic acids is 1. The normalized spacial score (nSPS) is 14.0. The van der Waals surface area contributed by atoms with Crippen LogP contribution in [0.1, 0.15) is 6.42 Å². The molecule has 0 radical (unpaired) electrons. The summed E-state index contributed by atoms with van der Waals surface area (Å²) in [6.45, 7) is 0.506. The first-order chi connectivity index (χ1) is 4.31. The van der Waals surface area contributed by atoms with Crippen molar-refractivity contribution in [1.29, 1.82) is 0 Å². The van der Waals surface area contributed by atoms with Crippen LogP contribution in [-0.4, -0.2) is 18.9 Å². The van der Waals surface area contributed by atoms with Gasteiger partial charge < -0.3 is 16.3 Å². The highest BCUT2D eigenvalue weighted by atomic mass is 16.1. The number of hydrogen-bond donors (Lipinski definition) is 2. The second-order valence-corrected chi connectivity index (χ2v) is 1.74. The predicted molar refractivity (Wildman–Crippen MR) is 36.9 cm³/mol. The van der Waals surface area contributed by atoms with Crippen LogP contribution >= 0.6 is 0 Å². The Balaban J connectivity index is 3.25. The highest BCUT2D eigenvalue weighted by Crippen LogP contribution is 1.84. The predicted octanol–water partition coefficient (Wildman–Crippen LogP) is -0.582. The molecule has 0 rings (SSSR count). The summed E-state index contributed by atoms with van der Waals surface area (Å²) < 4.78 is 0. The molecular formula is C6H12N2O. The zero-order valence-corrected chi connectivity index (χ0v) is 5.29. The summed E-state index contributed by atoms with van der Waals surface area (Å²) in [5, 5.41) is 0. The van der Waals surface area contributed by atoms with E-state index >= 15 is 0 Å². The Bertz CT molecular complexity index is 101. The molecule has 9 heavy (non-hydrogen) atoms. The van der Waals surface area contributed by atoms with Crippen LogP contribution in [0.25, 0.3) is 0 Å². The Hall–Kier alpha value is -0.670. The minimum absolute atomic E-state index is 0.368. The van der Waals surface area contributed by atoms with Crippen molar-refractivity contribution in [3.05, 3.63) is 12.2 Å². The van der Waals surface area contributed by atoms with E-state index in [9.17, 15) is 4.79 Å². The van der Waals surface area contributed by atoms with Crippen molar-refractivity contribution in [1.82, 2.24) is 0 Å². The van der Waals surface area contributed by atoms with Crippen molar-refractivity contribution in [2.24, 2.45) is 11.5 Å². The van der Waals surface area contributed by atoms with Gasteiger partial charge in [0.25, 0.3) is 0 Å². The van der Waals surface area contributed by atoms with Crippen LogP contribution in [0.2, 0.25) is 0 Å². The fourth-order valence-corrected chi connectivity index (χ4v) is 0.405. The Labute approximate surface area is 54.7 Å². The number of aldehydes is 1. The highest BCUT2D eigenvalue weighted by molar-refractivity contribution is 5.57. The average Bonchev–Trinajstić information content (AvgIpc) is 1.89. The summed E-state index contributed by atoms with van der Waals surface area (Å²) in [5.74, 6) is 0. The molecule has 0 spiro atoms. The van der Waals surface area contributed by atoms with Gasteiger partial charge in [0.1, 0.15) is 6.29 Å². The second-order valence-electron chi connectivity index (χ2n) is 1.74. The lowest BCUT2D eigenvalue weighted by atomic mass is 10.2. The summed E-state index contributed by atoms with van der Waals surface area (Å²) in [5.41, 5.74) is 10.4. The molecule has 3 nitrogen and oxygen atoms in total. The average molecular weight is 128 g/mol. The molecular weight excluding hydrogens is 116 g/mol. The van der Waals surface area contributed by atoms with E-state index in [0.717, 1.165) is 6.29 Å². The van der Waals surface area contributed by atoms with E-state index in [-0.39, 0.29) is 6.04 Å². The molecule has 0 saturated carbocycles. The summed E-state index contributed by atoms with van der Waals surface area (Å²) in [6.07, 6.45) is 4.89. The summed E-state index contributed by atoms with van der Waals surface area (Å²) >= 11 is 0. The Morgan fingerprint density at radius 1 is 1.44 bits per heavy atom. The number of nitrogens with two attached hydrogens (primary N) is 2. The molecule has 0 amide bonds. The topological polar surface area (TPSA) is 69.1 Å². The number of rotatable bonds is 4. The van der Waals surface area contributed by atoms with Crippen LogP contribution in [0.3, 0.4) is 0 Å². The smallest absolute Gasteiger partial charge is 0.136 e. The van der Waals surface area contributed by atoms with E-state index in [2.05, 4.69) is 0 Å². The largest absolute Gasteiger partial charge is 0.327 e. The van der Waals surface area contributed by atoms with E-state index in [4.69, 9.17) is 11.5 Å². The number of hydrogen-bond acceptors (Lipinski definition) is 3. The molecule has 0 aromatic carbocycles. The van der Waals surface area contributed by atoms with E-state index in [1.165, 1.54) is 0 Å². The van der Waals surface area contributed by atoms with E-state index in [1.807, 2.05) is 0 Å². The van der Waals surface area contributed by atoms with E-state index in [0.29, 0.717) is 13.0 Å². The SMILES string of the molecule is NC/C=C/C[C@H](N)C=O. The minimum Gasteiger partial charge on any atom is -0.327 e. The Kier molecular flexibility index (Phi) is 5.06. The molecule has 0 heterocycles. The lowest BCUT2D eigenvalue weighted by Gasteiger charge is -1.94. The third kappa shape index (κ3) is 5.20. The van der Waals surface area contributed by atoms with Gasteiger partial charge in [0.15, 0.2) is 0 Å². The second kappa shape index (κ2) is 5.47. The van der Waals surface area contributed by atoms with Crippen molar-refractivity contribution in [3.63, 3.8) is 0 Å². The molecule has 0 aromatic heterocycles. The minimum atomic E-state index is -0.368. The fraction of sp³-hybridized carbons (Fsp3) is 0.500. The molecule has 0 aliphatic carbocycles. The van der Waals surface area contributed by atoms with Gasteiger partial charge in [0, 0.05) is 6.54 Å². The Morgan fingerprint density at radius 3 is 2.56 bits per heavy atom. The molecule has 1 atom stereocenters. The van der Waals surface area contributed by atoms with Gasteiger partial charge >= 0.3 is 0 Å². The van der Waals surface area contributed by atoms with Gasteiger partial charge in [-0.1, -0.05) is 12.2 Å². The van der Waals surface area contributed by atoms with Crippen molar-refractivity contribution in [2.45, 2.75) is 12.5 Å². The van der Waals surface area contributed by atoms with Crippen LogP contribution in [0.4, 0.5) is 0 Å². The van der Waals surface area contributed by atoms with Crippen molar-refractivity contribution < 1.29 is 4.79 Å². The van der Waals surface area contributed by atoms with Crippen LogP contribution in [0.15, 0.2) is 12.2 Å². The lowest BCUT2D eigenvalue weighted by molar-refractivity contribution is -0.108. The molecule has 4 N–H and O–H groups in total. The van der Waals surface area contributed by atoms with Crippen LogP contribution in [0, 0.1) is 0 Å². The first-order valence-corrected chi connectivity index (χ1v) is 2.87. The zero-order valence-electron chi connectivity index (χ0n) is 5.29. The zero-order chi connectivity index (χ0) is 7.11. The van der Waals surface area contributed by atoms with Crippen molar-refractivity contribution in [3.8, 4) is 0 Å². The van der Waals surface area contributed by atoms with Crippen LogP contribution in [-0.2, 0) is 4.79 Å². The van der Waals surface area contributed by atoms with Gasteiger partial charge in [0.2, 0.25) is 0 Å².